The minimum Gasteiger partial charge on any atom is -0.465 e. The van der Waals surface area contributed by atoms with Gasteiger partial charge in [-0.2, -0.15) is 4.67 Å². The lowest BCUT2D eigenvalue weighted by Crippen LogP contribution is -2.37. The molecule has 0 saturated carbocycles. The van der Waals surface area contributed by atoms with E-state index in [1.807, 2.05) is 0 Å². The lowest BCUT2D eigenvalue weighted by Gasteiger charge is -2.30. The van der Waals surface area contributed by atoms with Crippen molar-refractivity contribution in [3.05, 3.63) is 64.7 Å². The van der Waals surface area contributed by atoms with Crippen LogP contribution >= 0.6 is 7.75 Å². The molecule has 1 unspecified atom stereocenters. The molecular formula is C19H21N2O7P. The summed E-state index contributed by atoms with van der Waals surface area (Å²) in [6.07, 6.45) is 1.08. The Hall–Kier alpha value is -2.90. The van der Waals surface area contributed by atoms with E-state index in [2.05, 4.69) is 0 Å². The fourth-order valence-corrected chi connectivity index (χ4v) is 4.98. The van der Waals surface area contributed by atoms with Crippen molar-refractivity contribution in [1.29, 1.82) is 0 Å². The molecule has 10 heteroatoms. The number of para-hydroxylation sites is 1. The number of carbonyl (C=O) groups is 1. The van der Waals surface area contributed by atoms with Crippen molar-refractivity contribution in [1.82, 2.24) is 4.67 Å². The first-order valence-corrected chi connectivity index (χ1v) is 10.6. The van der Waals surface area contributed by atoms with Crippen LogP contribution in [0, 0.1) is 10.1 Å². The Kier molecular flexibility index (Phi) is 6.51. The molecule has 2 aromatic carbocycles. The van der Waals surface area contributed by atoms with E-state index in [9.17, 15) is 19.5 Å². The number of benzene rings is 2. The van der Waals surface area contributed by atoms with Gasteiger partial charge in [0.25, 0.3) is 5.69 Å². The highest BCUT2D eigenvalue weighted by molar-refractivity contribution is 7.52. The second-order valence-corrected chi connectivity index (χ2v) is 8.10. The monoisotopic (exact) mass is 420 g/mol. The van der Waals surface area contributed by atoms with Crippen LogP contribution < -0.4 is 9.05 Å². The Morgan fingerprint density at radius 1 is 1.14 bits per heavy atom. The first-order chi connectivity index (χ1) is 13.9. The van der Waals surface area contributed by atoms with Gasteiger partial charge in [-0.15, -0.1) is 0 Å². The summed E-state index contributed by atoms with van der Waals surface area (Å²) in [5.41, 5.74) is -0.123. The largest absolute Gasteiger partial charge is 0.516 e. The number of nitro benzene ring substituents is 1. The second-order valence-electron chi connectivity index (χ2n) is 6.29. The van der Waals surface area contributed by atoms with Crippen molar-refractivity contribution < 1.29 is 28.1 Å². The van der Waals surface area contributed by atoms with Crippen molar-refractivity contribution in [2.24, 2.45) is 0 Å². The summed E-state index contributed by atoms with van der Waals surface area (Å²) in [6, 6.07) is 12.9. The molecule has 0 aromatic heterocycles. The predicted molar refractivity (Wildman–Crippen MR) is 105 cm³/mol. The first-order valence-electron chi connectivity index (χ1n) is 9.15. The third kappa shape index (κ3) is 4.93. The summed E-state index contributed by atoms with van der Waals surface area (Å²) < 4.78 is 31.8. The standard InChI is InChI=1S/C19H21N2O7P/c1-2-26-19(22)18-9-6-14-20(18)29(25,27-16-7-4-3-5-8-16)28-17-12-10-15(11-13-17)21(23)24/h3-5,7-8,10-13,18H,2,6,9,14H2,1H3/t18-,29?/m0/s1. The molecule has 0 N–H and O–H groups in total. The molecule has 0 bridgehead atoms. The van der Waals surface area contributed by atoms with Gasteiger partial charge < -0.3 is 13.8 Å². The number of hydrogen-bond donors (Lipinski definition) is 0. The summed E-state index contributed by atoms with van der Waals surface area (Å²) in [6.45, 7) is 2.22. The molecule has 1 heterocycles. The lowest BCUT2D eigenvalue weighted by atomic mass is 10.2. The van der Waals surface area contributed by atoms with E-state index < -0.39 is 24.7 Å². The maximum absolute atomic E-state index is 13.8. The van der Waals surface area contributed by atoms with E-state index >= 15 is 0 Å². The topological polar surface area (TPSA) is 108 Å². The van der Waals surface area contributed by atoms with E-state index in [4.69, 9.17) is 13.8 Å². The van der Waals surface area contributed by atoms with Crippen LogP contribution in [0.5, 0.6) is 11.5 Å². The molecule has 1 aliphatic heterocycles. The Balaban J connectivity index is 1.92. The summed E-state index contributed by atoms with van der Waals surface area (Å²) >= 11 is 0. The molecule has 0 spiro atoms. The molecule has 0 amide bonds. The minimum atomic E-state index is -4.02. The predicted octanol–water partition coefficient (Wildman–Crippen LogP) is 4.19. The smallest absolute Gasteiger partial charge is 0.465 e. The van der Waals surface area contributed by atoms with Crippen molar-refractivity contribution >= 4 is 19.4 Å². The SMILES string of the molecule is CCOC(=O)[C@@H]1CCCN1P(=O)(Oc1ccccc1)Oc1ccc([N+](=O)[O-])cc1. The van der Waals surface area contributed by atoms with Gasteiger partial charge in [0, 0.05) is 18.7 Å². The molecule has 3 rings (SSSR count). The maximum atomic E-state index is 13.8. The van der Waals surface area contributed by atoms with Gasteiger partial charge in [-0.1, -0.05) is 18.2 Å². The van der Waals surface area contributed by atoms with Crippen LogP contribution in [0.4, 0.5) is 5.69 Å². The molecule has 1 saturated heterocycles. The highest BCUT2D eigenvalue weighted by Crippen LogP contribution is 2.55. The molecule has 2 aromatic rings. The molecule has 2 atom stereocenters. The van der Waals surface area contributed by atoms with Crippen LogP contribution in [-0.4, -0.2) is 34.8 Å². The van der Waals surface area contributed by atoms with Crippen molar-refractivity contribution in [3.8, 4) is 11.5 Å². The normalized spacial score (nSPS) is 18.6. The Morgan fingerprint density at radius 2 is 1.76 bits per heavy atom. The maximum Gasteiger partial charge on any atom is 0.516 e. The number of hydrogen-bond acceptors (Lipinski definition) is 7. The van der Waals surface area contributed by atoms with Crippen LogP contribution in [0.2, 0.25) is 0 Å². The summed E-state index contributed by atoms with van der Waals surface area (Å²) in [4.78, 5) is 22.7. The van der Waals surface area contributed by atoms with Gasteiger partial charge in [0.15, 0.2) is 0 Å². The fraction of sp³-hybridized carbons (Fsp3) is 0.316. The zero-order valence-electron chi connectivity index (χ0n) is 15.8. The molecule has 1 fully saturated rings. The van der Waals surface area contributed by atoms with E-state index in [1.54, 1.807) is 37.3 Å². The van der Waals surface area contributed by atoms with Gasteiger partial charge in [0.1, 0.15) is 17.5 Å². The van der Waals surface area contributed by atoms with Crippen LogP contribution in [0.15, 0.2) is 54.6 Å². The molecule has 1 aliphatic rings. The van der Waals surface area contributed by atoms with E-state index in [0.717, 1.165) is 0 Å². The number of nitro groups is 1. The van der Waals surface area contributed by atoms with E-state index in [0.29, 0.717) is 25.1 Å². The Labute approximate surface area is 167 Å². The summed E-state index contributed by atoms with van der Waals surface area (Å²) in [5, 5.41) is 10.9. The highest BCUT2D eigenvalue weighted by Gasteiger charge is 2.48. The number of rotatable bonds is 8. The van der Waals surface area contributed by atoms with Crippen LogP contribution in [0.1, 0.15) is 19.8 Å². The molecule has 0 aliphatic carbocycles. The van der Waals surface area contributed by atoms with Crippen molar-refractivity contribution in [2.75, 3.05) is 13.2 Å². The van der Waals surface area contributed by atoms with Crippen molar-refractivity contribution in [3.63, 3.8) is 0 Å². The van der Waals surface area contributed by atoms with Crippen LogP contribution in [0.3, 0.4) is 0 Å². The van der Waals surface area contributed by atoms with Gasteiger partial charge in [-0.25, -0.2) is 4.57 Å². The van der Waals surface area contributed by atoms with Gasteiger partial charge in [-0.05, 0) is 44.0 Å². The quantitative estimate of drug-likeness (QED) is 0.271. The van der Waals surface area contributed by atoms with E-state index in [-0.39, 0.29) is 18.0 Å². The minimum absolute atomic E-state index is 0.123. The van der Waals surface area contributed by atoms with Gasteiger partial charge >= 0.3 is 13.7 Å². The third-order valence-electron chi connectivity index (χ3n) is 4.33. The highest BCUT2D eigenvalue weighted by atomic mass is 31.2. The average Bonchev–Trinajstić information content (AvgIpc) is 3.20. The molecule has 0 radical (unpaired) electrons. The average molecular weight is 420 g/mol. The van der Waals surface area contributed by atoms with Gasteiger partial charge in [-0.3, -0.25) is 14.9 Å². The van der Waals surface area contributed by atoms with E-state index in [1.165, 1.54) is 28.9 Å². The zero-order valence-corrected chi connectivity index (χ0v) is 16.7. The lowest BCUT2D eigenvalue weighted by molar-refractivity contribution is -0.384. The number of nitrogens with zero attached hydrogens (tertiary/aromatic N) is 2. The zero-order chi connectivity index (χ0) is 20.9. The molecular weight excluding hydrogens is 399 g/mol. The molecule has 154 valence electrons. The summed E-state index contributed by atoms with van der Waals surface area (Å²) in [7, 11) is -4.02. The molecule has 9 nitrogen and oxygen atoms in total. The van der Waals surface area contributed by atoms with Crippen LogP contribution in [0.25, 0.3) is 0 Å². The Bertz CT molecular complexity index is 905. The number of carbonyl (C=O) groups excluding carboxylic acids is 1. The second kappa shape index (κ2) is 9.07. The number of ether oxygens (including phenoxy) is 1. The third-order valence-corrected chi connectivity index (χ3v) is 6.32. The fourth-order valence-electron chi connectivity index (χ4n) is 3.02. The number of non-ortho nitro benzene ring substituents is 1. The summed E-state index contributed by atoms with van der Waals surface area (Å²) in [5.74, 6) is -0.0502. The Morgan fingerprint density at radius 3 is 2.34 bits per heavy atom. The van der Waals surface area contributed by atoms with Gasteiger partial charge in [0.05, 0.1) is 11.5 Å². The van der Waals surface area contributed by atoms with Crippen molar-refractivity contribution in [2.45, 2.75) is 25.8 Å². The molecule has 29 heavy (non-hydrogen) atoms. The van der Waals surface area contributed by atoms with Gasteiger partial charge in [0.2, 0.25) is 0 Å². The number of esters is 1. The first kappa shape index (κ1) is 20.8. The van der Waals surface area contributed by atoms with Crippen LogP contribution in [-0.2, 0) is 14.1 Å².